The molecule has 0 bridgehead atoms. The number of nitrogens with zero attached hydrogens (tertiary/aromatic N) is 1. The minimum absolute atomic E-state index is 0.0359. The molecule has 1 aromatic rings. The topological polar surface area (TPSA) is 87.6 Å². The second-order valence-corrected chi connectivity index (χ2v) is 9.15. The molecule has 0 spiro atoms. The minimum Gasteiger partial charge on any atom is -0.354 e. The summed E-state index contributed by atoms with van der Waals surface area (Å²) in [6.07, 6.45) is 6.10. The lowest BCUT2D eigenvalue weighted by atomic mass is 10.0. The number of sulfonamides is 1. The molecule has 1 aromatic carbocycles. The molecule has 1 aliphatic carbocycles. The number of amidine groups is 1. The highest BCUT2D eigenvalue weighted by molar-refractivity contribution is 7.90. The molecule has 2 N–H and O–H groups in total. The summed E-state index contributed by atoms with van der Waals surface area (Å²) in [5.74, 6) is 0.790. The Morgan fingerprint density at radius 3 is 2.65 bits per heavy atom. The van der Waals surface area contributed by atoms with Crippen LogP contribution in [-0.4, -0.2) is 32.7 Å². The molecule has 1 fully saturated rings. The van der Waals surface area contributed by atoms with E-state index in [2.05, 4.69) is 15.0 Å². The Morgan fingerprint density at radius 2 is 1.96 bits per heavy atom. The number of nitrogens with one attached hydrogen (secondary N) is 2. The zero-order valence-electron chi connectivity index (χ0n) is 15.4. The number of fused-ring (bicyclic) bond motifs is 1. The molecular weight excluding hydrogens is 350 g/mol. The van der Waals surface area contributed by atoms with E-state index in [1.807, 2.05) is 13.8 Å². The van der Waals surface area contributed by atoms with Crippen molar-refractivity contribution in [3.05, 3.63) is 29.8 Å². The summed E-state index contributed by atoms with van der Waals surface area (Å²) in [5.41, 5.74) is 0.525. The lowest BCUT2D eigenvalue weighted by Crippen LogP contribution is -2.39. The van der Waals surface area contributed by atoms with Gasteiger partial charge in [0, 0.05) is 12.1 Å². The zero-order chi connectivity index (χ0) is 18.7. The Kier molecular flexibility index (Phi) is 5.65. The average Bonchev–Trinajstić information content (AvgIpc) is 3.19. The first-order valence-electron chi connectivity index (χ1n) is 9.36. The van der Waals surface area contributed by atoms with Crippen molar-refractivity contribution in [1.82, 2.24) is 10.0 Å². The van der Waals surface area contributed by atoms with Crippen LogP contribution in [0.5, 0.6) is 0 Å². The molecule has 1 unspecified atom stereocenters. The summed E-state index contributed by atoms with van der Waals surface area (Å²) in [5, 5.41) is 2.99. The highest BCUT2D eigenvalue weighted by atomic mass is 32.2. The van der Waals surface area contributed by atoms with Crippen molar-refractivity contribution in [2.24, 2.45) is 16.8 Å². The van der Waals surface area contributed by atoms with Crippen molar-refractivity contribution in [3.8, 4) is 0 Å². The second-order valence-electron chi connectivity index (χ2n) is 7.50. The predicted octanol–water partition coefficient (Wildman–Crippen LogP) is 2.45. The van der Waals surface area contributed by atoms with Crippen LogP contribution in [0.1, 0.15) is 51.5 Å². The summed E-state index contributed by atoms with van der Waals surface area (Å²) in [7, 11) is -3.59. The average molecular weight is 378 g/mol. The maximum atomic E-state index is 12.6. The SMILES string of the molecule is CC(C)C(N=C1NS(=O)(=O)c2ccccc21)C(=O)NCCC1CCCC1. The Morgan fingerprint density at radius 1 is 1.27 bits per heavy atom. The van der Waals surface area contributed by atoms with E-state index in [0.29, 0.717) is 18.0 Å². The zero-order valence-corrected chi connectivity index (χ0v) is 16.2. The summed E-state index contributed by atoms with van der Waals surface area (Å²) in [6.45, 7) is 4.49. The Labute approximate surface area is 155 Å². The molecule has 0 saturated heterocycles. The van der Waals surface area contributed by atoms with Gasteiger partial charge in [-0.2, -0.15) is 0 Å². The van der Waals surface area contributed by atoms with Gasteiger partial charge < -0.3 is 5.32 Å². The maximum Gasteiger partial charge on any atom is 0.263 e. The molecule has 2 aliphatic rings. The van der Waals surface area contributed by atoms with Crippen molar-refractivity contribution in [2.75, 3.05) is 6.54 Å². The molecule has 1 atom stereocenters. The largest absolute Gasteiger partial charge is 0.354 e. The molecule has 1 aliphatic heterocycles. The monoisotopic (exact) mass is 377 g/mol. The van der Waals surface area contributed by atoms with E-state index in [9.17, 15) is 13.2 Å². The van der Waals surface area contributed by atoms with E-state index in [0.717, 1.165) is 6.42 Å². The normalized spacial score (nSPS) is 21.6. The smallest absolute Gasteiger partial charge is 0.263 e. The van der Waals surface area contributed by atoms with E-state index in [-0.39, 0.29) is 22.6 Å². The molecule has 142 valence electrons. The van der Waals surface area contributed by atoms with Crippen LogP contribution < -0.4 is 10.0 Å². The number of aliphatic imine (C=N–C) groups is 1. The molecule has 1 heterocycles. The molecule has 0 aromatic heterocycles. The van der Waals surface area contributed by atoms with Gasteiger partial charge in [-0.25, -0.2) is 8.42 Å². The van der Waals surface area contributed by atoms with Gasteiger partial charge in [0.2, 0.25) is 5.91 Å². The number of benzene rings is 1. The van der Waals surface area contributed by atoms with Gasteiger partial charge in [-0.3, -0.25) is 14.5 Å². The van der Waals surface area contributed by atoms with Crippen molar-refractivity contribution < 1.29 is 13.2 Å². The van der Waals surface area contributed by atoms with E-state index in [1.165, 1.54) is 25.7 Å². The molecule has 3 rings (SSSR count). The van der Waals surface area contributed by atoms with Gasteiger partial charge in [0.05, 0.1) is 4.90 Å². The number of hydrogen-bond acceptors (Lipinski definition) is 4. The molecule has 1 amide bonds. The third kappa shape index (κ3) is 4.09. The van der Waals surface area contributed by atoms with Crippen LogP contribution in [0.4, 0.5) is 0 Å². The molecule has 7 heteroatoms. The van der Waals surface area contributed by atoms with E-state index >= 15 is 0 Å². The van der Waals surface area contributed by atoms with Crippen molar-refractivity contribution >= 4 is 21.8 Å². The van der Waals surface area contributed by atoms with Gasteiger partial charge >= 0.3 is 0 Å². The summed E-state index contributed by atoms with van der Waals surface area (Å²) in [6, 6.07) is 6.08. The molecule has 26 heavy (non-hydrogen) atoms. The van der Waals surface area contributed by atoms with Crippen LogP contribution in [-0.2, 0) is 14.8 Å². The van der Waals surface area contributed by atoms with Crippen LogP contribution in [0.2, 0.25) is 0 Å². The Bertz CT molecular complexity index is 796. The summed E-state index contributed by atoms with van der Waals surface area (Å²) < 4.78 is 26.9. The fourth-order valence-corrected chi connectivity index (χ4v) is 4.92. The van der Waals surface area contributed by atoms with Gasteiger partial charge in [0.15, 0.2) is 0 Å². The van der Waals surface area contributed by atoms with Gasteiger partial charge in [0.1, 0.15) is 11.9 Å². The Hall–Kier alpha value is -1.89. The lowest BCUT2D eigenvalue weighted by molar-refractivity contribution is -0.123. The lowest BCUT2D eigenvalue weighted by Gasteiger charge is -2.18. The van der Waals surface area contributed by atoms with Gasteiger partial charge in [0.25, 0.3) is 10.0 Å². The van der Waals surface area contributed by atoms with Crippen LogP contribution in [0.15, 0.2) is 34.2 Å². The van der Waals surface area contributed by atoms with E-state index in [4.69, 9.17) is 0 Å². The first-order valence-corrected chi connectivity index (χ1v) is 10.8. The van der Waals surface area contributed by atoms with Gasteiger partial charge in [-0.1, -0.05) is 51.7 Å². The van der Waals surface area contributed by atoms with Gasteiger partial charge in [-0.05, 0) is 30.4 Å². The predicted molar refractivity (Wildman–Crippen MR) is 102 cm³/mol. The molecule has 0 radical (unpaired) electrons. The minimum atomic E-state index is -3.59. The molecular formula is C19H27N3O3S. The third-order valence-corrected chi connectivity index (χ3v) is 6.55. The van der Waals surface area contributed by atoms with Crippen LogP contribution in [0, 0.1) is 11.8 Å². The van der Waals surface area contributed by atoms with Gasteiger partial charge in [-0.15, -0.1) is 0 Å². The van der Waals surface area contributed by atoms with Crippen molar-refractivity contribution in [1.29, 1.82) is 0 Å². The second kappa shape index (κ2) is 7.78. The quantitative estimate of drug-likeness (QED) is 0.798. The number of rotatable bonds is 6. The van der Waals surface area contributed by atoms with Crippen molar-refractivity contribution in [3.63, 3.8) is 0 Å². The van der Waals surface area contributed by atoms with Crippen LogP contribution in [0.25, 0.3) is 0 Å². The first kappa shape index (κ1) is 18.9. The highest BCUT2D eigenvalue weighted by Crippen LogP contribution is 2.27. The maximum absolute atomic E-state index is 12.6. The third-order valence-electron chi connectivity index (χ3n) is 5.16. The van der Waals surface area contributed by atoms with Crippen molar-refractivity contribution in [2.45, 2.75) is 56.9 Å². The number of carbonyl (C=O) groups is 1. The van der Waals surface area contributed by atoms with Crippen LogP contribution in [0.3, 0.4) is 0 Å². The standard InChI is InChI=1S/C19H27N3O3S/c1-13(2)17(19(23)20-12-11-14-7-3-4-8-14)21-18-15-9-5-6-10-16(15)26(24,25)22-18/h5-6,9-10,13-14,17H,3-4,7-8,11-12H2,1-2H3,(H,20,23)(H,21,22). The highest BCUT2D eigenvalue weighted by Gasteiger charge is 2.32. The Balaban J connectivity index is 1.72. The molecule has 1 saturated carbocycles. The van der Waals surface area contributed by atoms with Crippen LogP contribution >= 0.6 is 0 Å². The van der Waals surface area contributed by atoms with E-state index < -0.39 is 16.1 Å². The fraction of sp³-hybridized carbons (Fsp3) is 0.579. The number of hydrogen-bond donors (Lipinski definition) is 2. The number of amides is 1. The van der Waals surface area contributed by atoms with E-state index in [1.54, 1.807) is 24.3 Å². The number of carbonyl (C=O) groups excluding carboxylic acids is 1. The molecule has 6 nitrogen and oxygen atoms in total. The first-order chi connectivity index (χ1) is 12.4. The fourth-order valence-electron chi connectivity index (χ4n) is 3.68. The summed E-state index contributed by atoms with van der Waals surface area (Å²) >= 11 is 0. The summed E-state index contributed by atoms with van der Waals surface area (Å²) in [4.78, 5) is 17.3.